The van der Waals surface area contributed by atoms with E-state index in [-0.39, 0.29) is 29.9 Å². The van der Waals surface area contributed by atoms with Crippen LogP contribution < -0.4 is 20.1 Å². The van der Waals surface area contributed by atoms with Gasteiger partial charge in [-0.05, 0) is 43.4 Å². The minimum absolute atomic E-state index is 0.0422. The maximum absolute atomic E-state index is 13.1. The van der Waals surface area contributed by atoms with Crippen LogP contribution >= 0.6 is 11.3 Å². The fourth-order valence-electron chi connectivity index (χ4n) is 4.24. The van der Waals surface area contributed by atoms with Crippen molar-refractivity contribution in [2.24, 2.45) is 0 Å². The number of fused-ring (bicyclic) bond motifs is 2. The first-order chi connectivity index (χ1) is 14.9. The van der Waals surface area contributed by atoms with Crippen LogP contribution in [0.5, 0.6) is 11.5 Å². The molecule has 1 fully saturated rings. The molecular weight excluding hydrogens is 440 g/mol. The third-order valence-corrected chi connectivity index (χ3v) is 8.73. The van der Waals surface area contributed by atoms with Crippen LogP contribution in [0.4, 0.5) is 5.00 Å². The topological polar surface area (TPSA) is 111 Å². The van der Waals surface area contributed by atoms with Crippen molar-refractivity contribution in [2.45, 2.75) is 37.8 Å². The average Bonchev–Trinajstić information content (AvgIpc) is 3.41. The lowest BCUT2D eigenvalue weighted by Crippen LogP contribution is -2.41. The summed E-state index contributed by atoms with van der Waals surface area (Å²) in [6, 6.07) is 6.75. The number of amides is 2. The van der Waals surface area contributed by atoms with Gasteiger partial charge < -0.3 is 20.1 Å². The smallest absolute Gasteiger partial charge is 0.269 e. The fourth-order valence-corrected chi connectivity index (χ4v) is 7.20. The molecule has 5 rings (SSSR count). The number of rotatable bonds is 4. The molecule has 1 saturated heterocycles. The molecule has 1 aliphatic carbocycles. The number of ether oxygens (including phenoxy) is 2. The van der Waals surface area contributed by atoms with Crippen molar-refractivity contribution in [3.8, 4) is 11.5 Å². The van der Waals surface area contributed by atoms with Crippen LogP contribution in [0, 0.1) is 0 Å². The van der Waals surface area contributed by atoms with Crippen molar-refractivity contribution in [3.05, 3.63) is 40.3 Å². The van der Waals surface area contributed by atoms with Gasteiger partial charge in [0.05, 0.1) is 17.1 Å². The Balaban J connectivity index is 1.34. The molecule has 3 aliphatic rings. The van der Waals surface area contributed by atoms with Gasteiger partial charge >= 0.3 is 0 Å². The zero-order valence-corrected chi connectivity index (χ0v) is 18.3. The van der Waals surface area contributed by atoms with Gasteiger partial charge in [0.1, 0.15) is 11.6 Å². The van der Waals surface area contributed by atoms with E-state index in [1.807, 2.05) is 6.07 Å². The normalized spacial score (nSPS) is 23.2. The first kappa shape index (κ1) is 20.3. The highest BCUT2D eigenvalue weighted by Crippen LogP contribution is 2.39. The molecule has 0 bridgehead atoms. The minimum atomic E-state index is -3.10. The highest BCUT2D eigenvalue weighted by molar-refractivity contribution is 7.91. The molecule has 1 aromatic heterocycles. The Morgan fingerprint density at radius 2 is 1.94 bits per heavy atom. The average molecular weight is 463 g/mol. The second kappa shape index (κ2) is 7.83. The Bertz CT molecular complexity index is 1160. The SMILES string of the molecule is O=C(N[C@@H]1CCS(=O)(=O)C1)c1c(NC(=O)[C@@H]2COc3ccccc3O2)sc2c1CCC2. The molecule has 0 saturated carbocycles. The quantitative estimate of drug-likeness (QED) is 0.718. The summed E-state index contributed by atoms with van der Waals surface area (Å²) >= 11 is 1.41. The van der Waals surface area contributed by atoms with E-state index in [0.29, 0.717) is 28.5 Å². The van der Waals surface area contributed by atoms with Crippen molar-refractivity contribution < 1.29 is 27.5 Å². The molecule has 164 valence electrons. The summed E-state index contributed by atoms with van der Waals surface area (Å²) in [5.41, 5.74) is 1.40. The zero-order valence-electron chi connectivity index (χ0n) is 16.7. The van der Waals surface area contributed by atoms with Gasteiger partial charge in [0.2, 0.25) is 6.10 Å². The van der Waals surface area contributed by atoms with Crippen molar-refractivity contribution in [3.63, 3.8) is 0 Å². The van der Waals surface area contributed by atoms with Crippen LogP contribution in [0.25, 0.3) is 0 Å². The lowest BCUT2D eigenvalue weighted by atomic mass is 10.1. The van der Waals surface area contributed by atoms with E-state index in [9.17, 15) is 18.0 Å². The van der Waals surface area contributed by atoms with Crippen LogP contribution in [0.1, 0.15) is 33.6 Å². The number of carbonyl (C=O) groups is 2. The van der Waals surface area contributed by atoms with Crippen LogP contribution in [-0.2, 0) is 27.5 Å². The van der Waals surface area contributed by atoms with Gasteiger partial charge in [0.15, 0.2) is 21.3 Å². The second-order valence-corrected chi connectivity index (χ2v) is 11.3. The van der Waals surface area contributed by atoms with Crippen molar-refractivity contribution in [2.75, 3.05) is 23.4 Å². The second-order valence-electron chi connectivity index (χ2n) is 7.99. The first-order valence-electron chi connectivity index (χ1n) is 10.2. The van der Waals surface area contributed by atoms with Crippen molar-refractivity contribution in [1.29, 1.82) is 0 Å². The summed E-state index contributed by atoms with van der Waals surface area (Å²) in [4.78, 5) is 27.0. The van der Waals surface area contributed by atoms with Crippen LogP contribution in [0.15, 0.2) is 24.3 Å². The Hall–Kier alpha value is -2.59. The molecule has 31 heavy (non-hydrogen) atoms. The van der Waals surface area contributed by atoms with Gasteiger partial charge in [-0.25, -0.2) is 8.42 Å². The van der Waals surface area contributed by atoms with E-state index in [0.717, 1.165) is 29.7 Å². The monoisotopic (exact) mass is 462 g/mol. The summed E-state index contributed by atoms with van der Waals surface area (Å²) in [7, 11) is -3.10. The summed E-state index contributed by atoms with van der Waals surface area (Å²) in [6.45, 7) is 0.0788. The summed E-state index contributed by atoms with van der Waals surface area (Å²) in [6.07, 6.45) is 2.18. The number of hydrogen-bond acceptors (Lipinski definition) is 7. The molecule has 2 aromatic rings. The molecule has 0 spiro atoms. The predicted octanol–water partition coefficient (Wildman–Crippen LogP) is 1.93. The molecule has 2 amide bonds. The summed E-state index contributed by atoms with van der Waals surface area (Å²) in [5, 5.41) is 6.19. The van der Waals surface area contributed by atoms with Gasteiger partial charge in [0, 0.05) is 10.9 Å². The van der Waals surface area contributed by atoms with Crippen LogP contribution in [-0.4, -0.2) is 50.5 Å². The molecule has 10 heteroatoms. The molecule has 0 radical (unpaired) electrons. The number of carbonyl (C=O) groups excluding carboxylic acids is 2. The Labute approximate surface area is 183 Å². The maximum atomic E-state index is 13.1. The van der Waals surface area contributed by atoms with Gasteiger partial charge in [-0.1, -0.05) is 12.1 Å². The van der Waals surface area contributed by atoms with Gasteiger partial charge in [-0.2, -0.15) is 0 Å². The lowest BCUT2D eigenvalue weighted by Gasteiger charge is -2.25. The fraction of sp³-hybridized carbons (Fsp3) is 0.429. The number of aryl methyl sites for hydroxylation is 1. The van der Waals surface area contributed by atoms with E-state index in [1.54, 1.807) is 18.2 Å². The van der Waals surface area contributed by atoms with E-state index in [2.05, 4.69) is 10.6 Å². The molecule has 2 N–H and O–H groups in total. The molecular formula is C21H22N2O6S2. The molecule has 2 aliphatic heterocycles. The number of thiophene rings is 1. The summed E-state index contributed by atoms with van der Waals surface area (Å²) in [5.74, 6) is 0.425. The van der Waals surface area contributed by atoms with Crippen LogP contribution in [0.2, 0.25) is 0 Å². The molecule has 3 heterocycles. The standard InChI is InChI=1S/C21H22N2O6S2/c24-19(16-10-28-14-5-1-2-6-15(14)29-16)23-21-18(13-4-3-7-17(13)30-21)20(25)22-12-8-9-31(26,27)11-12/h1-2,5-6,12,16H,3-4,7-11H2,(H,22,25)(H,23,24)/t12-,16+/m1/s1. The number of nitrogens with one attached hydrogen (secondary N) is 2. The van der Waals surface area contributed by atoms with Crippen molar-refractivity contribution in [1.82, 2.24) is 5.32 Å². The Morgan fingerprint density at radius 1 is 1.13 bits per heavy atom. The number of para-hydroxylation sites is 2. The first-order valence-corrected chi connectivity index (χ1v) is 12.9. The van der Waals surface area contributed by atoms with Gasteiger partial charge in [-0.3, -0.25) is 9.59 Å². The molecule has 2 atom stereocenters. The van der Waals surface area contributed by atoms with Gasteiger partial charge in [-0.15, -0.1) is 11.3 Å². The Morgan fingerprint density at radius 3 is 2.71 bits per heavy atom. The predicted molar refractivity (Wildman–Crippen MR) is 116 cm³/mol. The van der Waals surface area contributed by atoms with E-state index < -0.39 is 22.0 Å². The molecule has 1 aromatic carbocycles. The molecule has 8 nitrogen and oxygen atoms in total. The number of benzene rings is 1. The van der Waals surface area contributed by atoms with Crippen molar-refractivity contribution >= 4 is 38.0 Å². The Kier molecular flexibility index (Phi) is 5.13. The maximum Gasteiger partial charge on any atom is 0.269 e. The summed E-state index contributed by atoms with van der Waals surface area (Å²) < 4.78 is 34.9. The third-order valence-electron chi connectivity index (χ3n) is 5.75. The third kappa shape index (κ3) is 4.01. The van der Waals surface area contributed by atoms with E-state index in [1.165, 1.54) is 11.3 Å². The van der Waals surface area contributed by atoms with Gasteiger partial charge in [0.25, 0.3) is 11.8 Å². The van der Waals surface area contributed by atoms with E-state index >= 15 is 0 Å². The largest absolute Gasteiger partial charge is 0.485 e. The number of sulfone groups is 1. The zero-order chi connectivity index (χ0) is 21.6. The van der Waals surface area contributed by atoms with Crippen LogP contribution in [0.3, 0.4) is 0 Å². The highest BCUT2D eigenvalue weighted by Gasteiger charge is 2.34. The number of anilines is 1. The number of hydrogen-bond donors (Lipinski definition) is 2. The van der Waals surface area contributed by atoms with E-state index in [4.69, 9.17) is 9.47 Å². The minimum Gasteiger partial charge on any atom is -0.485 e. The highest BCUT2D eigenvalue weighted by atomic mass is 32.2. The molecule has 0 unspecified atom stereocenters. The lowest BCUT2D eigenvalue weighted by molar-refractivity contribution is -0.125.